The monoisotopic (exact) mass is 265 g/mol. The second-order valence-electron chi connectivity index (χ2n) is 5.18. The molecule has 2 N–H and O–H groups in total. The number of benzene rings is 2. The lowest BCUT2D eigenvalue weighted by Gasteiger charge is -2.17. The van der Waals surface area contributed by atoms with E-state index in [1.807, 2.05) is 6.07 Å². The summed E-state index contributed by atoms with van der Waals surface area (Å²) in [4.78, 5) is 4.68. The van der Waals surface area contributed by atoms with Crippen LogP contribution in [0.1, 0.15) is 29.9 Å². The fourth-order valence-electron chi connectivity index (χ4n) is 2.72. The molecule has 0 amide bonds. The van der Waals surface area contributed by atoms with E-state index in [1.165, 1.54) is 11.1 Å². The molecule has 3 aromatic rings. The van der Waals surface area contributed by atoms with Crippen molar-refractivity contribution in [3.05, 3.63) is 65.5 Å². The maximum Gasteiger partial charge on any atom is 0.124 e. The van der Waals surface area contributed by atoms with Crippen LogP contribution in [-0.4, -0.2) is 9.55 Å². The van der Waals surface area contributed by atoms with Gasteiger partial charge in [0.1, 0.15) is 5.82 Å². The van der Waals surface area contributed by atoms with Crippen LogP contribution in [0, 0.1) is 6.92 Å². The van der Waals surface area contributed by atoms with Crippen molar-refractivity contribution < 1.29 is 0 Å². The van der Waals surface area contributed by atoms with Gasteiger partial charge in [0.25, 0.3) is 0 Å². The number of aryl methyl sites for hydroxylation is 1. The van der Waals surface area contributed by atoms with E-state index in [2.05, 4.69) is 65.9 Å². The lowest BCUT2D eigenvalue weighted by atomic mass is 10.1. The molecule has 1 unspecified atom stereocenters. The van der Waals surface area contributed by atoms with Crippen LogP contribution in [-0.2, 0) is 6.54 Å². The third-order valence-electron chi connectivity index (χ3n) is 3.77. The Morgan fingerprint density at radius 3 is 2.60 bits per heavy atom. The molecule has 0 aliphatic heterocycles. The molecule has 0 radical (unpaired) electrons. The lowest BCUT2D eigenvalue weighted by Crippen LogP contribution is -2.13. The van der Waals surface area contributed by atoms with Crippen LogP contribution in [0.15, 0.2) is 48.5 Å². The second kappa shape index (κ2) is 5.10. The first-order chi connectivity index (χ1) is 9.70. The highest BCUT2D eigenvalue weighted by Crippen LogP contribution is 2.26. The quantitative estimate of drug-likeness (QED) is 0.788. The summed E-state index contributed by atoms with van der Waals surface area (Å²) in [7, 11) is 0. The molecule has 0 aliphatic rings. The van der Waals surface area contributed by atoms with Gasteiger partial charge in [-0.25, -0.2) is 4.98 Å². The molecule has 3 nitrogen and oxygen atoms in total. The van der Waals surface area contributed by atoms with Gasteiger partial charge >= 0.3 is 0 Å². The average molecular weight is 265 g/mol. The van der Waals surface area contributed by atoms with Crippen molar-refractivity contribution >= 4 is 11.0 Å². The molecular formula is C17H19N3. The first-order valence-corrected chi connectivity index (χ1v) is 6.93. The van der Waals surface area contributed by atoms with Gasteiger partial charge in [0, 0.05) is 0 Å². The number of nitrogens with zero attached hydrogens (tertiary/aromatic N) is 2. The van der Waals surface area contributed by atoms with Gasteiger partial charge in [0.15, 0.2) is 0 Å². The molecule has 0 saturated heterocycles. The molecule has 1 heterocycles. The molecule has 0 spiro atoms. The molecule has 0 aliphatic carbocycles. The van der Waals surface area contributed by atoms with Gasteiger partial charge in [0.05, 0.1) is 23.6 Å². The highest BCUT2D eigenvalue weighted by Gasteiger charge is 2.16. The van der Waals surface area contributed by atoms with Crippen molar-refractivity contribution in [2.24, 2.45) is 5.73 Å². The zero-order valence-corrected chi connectivity index (χ0v) is 11.9. The Morgan fingerprint density at radius 1 is 1.15 bits per heavy atom. The topological polar surface area (TPSA) is 43.8 Å². The standard InChI is InChI=1S/C17H19N3/c1-12-8-9-16-15(10-12)19-17(11-18)20(16)13(2)14-6-4-3-5-7-14/h3-10,13H,11,18H2,1-2H3. The maximum absolute atomic E-state index is 5.89. The number of rotatable bonds is 3. The van der Waals surface area contributed by atoms with Crippen molar-refractivity contribution in [1.29, 1.82) is 0 Å². The summed E-state index contributed by atoms with van der Waals surface area (Å²) >= 11 is 0. The SMILES string of the molecule is Cc1ccc2c(c1)nc(CN)n2C(C)c1ccccc1. The van der Waals surface area contributed by atoms with Crippen molar-refractivity contribution in [2.45, 2.75) is 26.4 Å². The zero-order chi connectivity index (χ0) is 14.1. The zero-order valence-electron chi connectivity index (χ0n) is 11.9. The van der Waals surface area contributed by atoms with Gasteiger partial charge in [-0.2, -0.15) is 0 Å². The van der Waals surface area contributed by atoms with E-state index in [-0.39, 0.29) is 6.04 Å². The largest absolute Gasteiger partial charge is 0.324 e. The molecule has 102 valence electrons. The van der Waals surface area contributed by atoms with E-state index in [1.54, 1.807) is 0 Å². The Hall–Kier alpha value is -2.13. The maximum atomic E-state index is 5.89. The van der Waals surface area contributed by atoms with Crippen LogP contribution in [0.25, 0.3) is 11.0 Å². The van der Waals surface area contributed by atoms with Crippen molar-refractivity contribution in [1.82, 2.24) is 9.55 Å². The summed E-state index contributed by atoms with van der Waals surface area (Å²) in [5.74, 6) is 0.932. The summed E-state index contributed by atoms with van der Waals surface area (Å²) in [6.45, 7) is 4.72. The van der Waals surface area contributed by atoms with E-state index < -0.39 is 0 Å². The van der Waals surface area contributed by atoms with Gasteiger partial charge in [0.2, 0.25) is 0 Å². The molecule has 0 bridgehead atoms. The van der Waals surface area contributed by atoms with Crippen LogP contribution in [0.4, 0.5) is 0 Å². The van der Waals surface area contributed by atoms with Crippen LogP contribution in [0.5, 0.6) is 0 Å². The number of aromatic nitrogens is 2. The first kappa shape index (κ1) is 12.9. The minimum absolute atomic E-state index is 0.224. The van der Waals surface area contributed by atoms with Crippen molar-refractivity contribution in [3.63, 3.8) is 0 Å². The summed E-state index contributed by atoms with van der Waals surface area (Å²) in [6.07, 6.45) is 0. The van der Waals surface area contributed by atoms with Gasteiger partial charge in [-0.1, -0.05) is 36.4 Å². The Labute approximate surface area is 119 Å². The highest BCUT2D eigenvalue weighted by atomic mass is 15.1. The fourth-order valence-corrected chi connectivity index (χ4v) is 2.72. The minimum atomic E-state index is 0.224. The average Bonchev–Trinajstić information content (AvgIpc) is 2.84. The van der Waals surface area contributed by atoms with E-state index >= 15 is 0 Å². The fraction of sp³-hybridized carbons (Fsp3) is 0.235. The smallest absolute Gasteiger partial charge is 0.124 e. The normalized spacial score (nSPS) is 12.8. The second-order valence-corrected chi connectivity index (χ2v) is 5.18. The minimum Gasteiger partial charge on any atom is -0.324 e. The Bertz CT molecular complexity index is 729. The van der Waals surface area contributed by atoms with Gasteiger partial charge in [-0.3, -0.25) is 0 Å². The number of imidazole rings is 1. The lowest BCUT2D eigenvalue weighted by molar-refractivity contribution is 0.619. The van der Waals surface area contributed by atoms with E-state index in [9.17, 15) is 0 Å². The third-order valence-corrected chi connectivity index (χ3v) is 3.77. The van der Waals surface area contributed by atoms with Crippen molar-refractivity contribution in [3.8, 4) is 0 Å². The van der Waals surface area contributed by atoms with Crippen LogP contribution in [0.2, 0.25) is 0 Å². The molecule has 1 aromatic heterocycles. The van der Waals surface area contributed by atoms with Gasteiger partial charge in [-0.05, 0) is 37.1 Å². The predicted octanol–water partition coefficient (Wildman–Crippen LogP) is 3.41. The summed E-state index contributed by atoms with van der Waals surface area (Å²) in [6, 6.07) is 17.1. The molecule has 20 heavy (non-hydrogen) atoms. The van der Waals surface area contributed by atoms with Gasteiger partial charge in [-0.15, -0.1) is 0 Å². The van der Waals surface area contributed by atoms with E-state index in [0.29, 0.717) is 6.54 Å². The molecule has 0 fully saturated rings. The molecule has 3 heteroatoms. The van der Waals surface area contributed by atoms with Crippen LogP contribution in [0.3, 0.4) is 0 Å². The summed E-state index contributed by atoms with van der Waals surface area (Å²) < 4.78 is 2.24. The van der Waals surface area contributed by atoms with Crippen molar-refractivity contribution in [2.75, 3.05) is 0 Å². The molecule has 3 rings (SSSR count). The summed E-state index contributed by atoms with van der Waals surface area (Å²) in [5, 5.41) is 0. The number of nitrogens with two attached hydrogens (primary N) is 1. The Kier molecular flexibility index (Phi) is 3.28. The molecular weight excluding hydrogens is 246 g/mol. The Balaban J connectivity index is 2.19. The number of fused-ring (bicyclic) bond motifs is 1. The molecule has 2 aromatic carbocycles. The number of hydrogen-bond acceptors (Lipinski definition) is 2. The van der Waals surface area contributed by atoms with Crippen LogP contribution < -0.4 is 5.73 Å². The predicted molar refractivity (Wildman–Crippen MR) is 82.6 cm³/mol. The van der Waals surface area contributed by atoms with E-state index in [4.69, 9.17) is 5.73 Å². The molecule has 0 saturated carbocycles. The Morgan fingerprint density at radius 2 is 1.90 bits per heavy atom. The van der Waals surface area contributed by atoms with E-state index in [0.717, 1.165) is 16.9 Å². The highest BCUT2D eigenvalue weighted by molar-refractivity contribution is 5.77. The third kappa shape index (κ3) is 2.10. The number of hydrogen-bond donors (Lipinski definition) is 1. The first-order valence-electron chi connectivity index (χ1n) is 6.93. The van der Waals surface area contributed by atoms with Crippen LogP contribution >= 0.6 is 0 Å². The van der Waals surface area contributed by atoms with Gasteiger partial charge < -0.3 is 10.3 Å². The summed E-state index contributed by atoms with van der Waals surface area (Å²) in [5.41, 5.74) is 10.5. The molecule has 1 atom stereocenters.